The topological polar surface area (TPSA) is 41.6 Å². The summed E-state index contributed by atoms with van der Waals surface area (Å²) in [6.07, 6.45) is 0. The van der Waals surface area contributed by atoms with Crippen molar-refractivity contribution in [3.8, 4) is 5.75 Å². The first kappa shape index (κ1) is 20.4. The fraction of sp³-hybridized carbons (Fsp3) is 0.227. The van der Waals surface area contributed by atoms with Crippen LogP contribution in [0.15, 0.2) is 60.7 Å². The van der Waals surface area contributed by atoms with Crippen LogP contribution in [0.2, 0.25) is 0 Å². The van der Waals surface area contributed by atoms with E-state index in [1.54, 1.807) is 18.4 Å². The molecule has 0 spiro atoms. The molecule has 0 saturated heterocycles. The Morgan fingerprint density at radius 3 is 2.50 bits per heavy atom. The highest BCUT2D eigenvalue weighted by atomic mass is 35.5. The van der Waals surface area contributed by atoms with E-state index in [4.69, 9.17) is 4.74 Å². The number of nitrogens with one attached hydrogen (secondary N) is 1. The van der Waals surface area contributed by atoms with E-state index in [-0.39, 0.29) is 18.3 Å². The monoisotopic (exact) mass is 414 g/mol. The van der Waals surface area contributed by atoms with Gasteiger partial charge in [0.15, 0.2) is 0 Å². The molecule has 1 amide bonds. The van der Waals surface area contributed by atoms with Crippen LogP contribution in [0.3, 0.4) is 0 Å². The highest BCUT2D eigenvalue weighted by molar-refractivity contribution is 7.14. The maximum absolute atomic E-state index is 12.5. The summed E-state index contributed by atoms with van der Waals surface area (Å²) < 4.78 is 5.16. The van der Waals surface area contributed by atoms with Gasteiger partial charge in [-0.1, -0.05) is 42.5 Å². The molecule has 6 heteroatoms. The second-order valence-corrected chi connectivity index (χ2v) is 7.86. The molecule has 0 atom stereocenters. The lowest BCUT2D eigenvalue weighted by Gasteiger charge is -2.15. The molecule has 0 unspecified atom stereocenters. The van der Waals surface area contributed by atoms with Crippen LogP contribution in [-0.4, -0.2) is 17.9 Å². The number of amides is 1. The number of benzene rings is 2. The number of fused-ring (bicyclic) bond motifs is 1. The number of ether oxygens (including phenoxy) is 1. The predicted molar refractivity (Wildman–Crippen MR) is 115 cm³/mol. The zero-order valence-electron chi connectivity index (χ0n) is 15.7. The number of hydrogen-bond donors (Lipinski definition) is 1. The minimum absolute atomic E-state index is 0. The van der Waals surface area contributed by atoms with E-state index in [0.717, 1.165) is 35.8 Å². The SMILES string of the molecule is COc1ccc(CNC(=O)c2cc3c(s2)CN(Cc2ccccc2)C3)cc1.Cl. The number of rotatable bonds is 6. The van der Waals surface area contributed by atoms with Crippen LogP contribution in [0, 0.1) is 0 Å². The third-order valence-corrected chi connectivity index (χ3v) is 5.90. The van der Waals surface area contributed by atoms with Crippen LogP contribution in [0.25, 0.3) is 0 Å². The van der Waals surface area contributed by atoms with Crippen LogP contribution in [0.4, 0.5) is 0 Å². The summed E-state index contributed by atoms with van der Waals surface area (Å²) >= 11 is 1.61. The molecule has 4 nitrogen and oxygen atoms in total. The van der Waals surface area contributed by atoms with Crippen molar-refractivity contribution in [1.82, 2.24) is 10.2 Å². The summed E-state index contributed by atoms with van der Waals surface area (Å²) in [6, 6.07) is 20.3. The Morgan fingerprint density at radius 1 is 1.07 bits per heavy atom. The molecule has 1 aliphatic rings. The summed E-state index contributed by atoms with van der Waals surface area (Å²) in [6.45, 7) is 3.29. The van der Waals surface area contributed by atoms with Crippen molar-refractivity contribution in [3.63, 3.8) is 0 Å². The molecule has 3 aromatic rings. The van der Waals surface area contributed by atoms with Gasteiger partial charge in [-0.3, -0.25) is 9.69 Å². The Balaban J connectivity index is 0.00000225. The smallest absolute Gasteiger partial charge is 0.261 e. The summed E-state index contributed by atoms with van der Waals surface area (Å²) in [7, 11) is 1.65. The third kappa shape index (κ3) is 4.73. The maximum Gasteiger partial charge on any atom is 0.261 e. The summed E-state index contributed by atoms with van der Waals surface area (Å²) in [4.78, 5) is 17.0. The van der Waals surface area contributed by atoms with E-state index < -0.39 is 0 Å². The number of nitrogens with zero attached hydrogens (tertiary/aromatic N) is 1. The Bertz CT molecular complexity index is 902. The number of methoxy groups -OCH3 is 1. The number of hydrogen-bond acceptors (Lipinski definition) is 4. The van der Waals surface area contributed by atoms with E-state index in [1.165, 1.54) is 16.0 Å². The minimum Gasteiger partial charge on any atom is -0.497 e. The largest absolute Gasteiger partial charge is 0.497 e. The van der Waals surface area contributed by atoms with Gasteiger partial charge < -0.3 is 10.1 Å². The first-order valence-corrected chi connectivity index (χ1v) is 9.82. The lowest BCUT2D eigenvalue weighted by atomic mass is 10.2. The van der Waals surface area contributed by atoms with Gasteiger partial charge in [-0.15, -0.1) is 23.7 Å². The van der Waals surface area contributed by atoms with Crippen molar-refractivity contribution in [2.24, 2.45) is 0 Å². The molecule has 1 aliphatic heterocycles. The summed E-state index contributed by atoms with van der Waals surface area (Å²) in [5.74, 6) is 0.819. The zero-order chi connectivity index (χ0) is 18.6. The molecular weight excluding hydrogens is 392 g/mol. The van der Waals surface area contributed by atoms with Crippen molar-refractivity contribution in [2.45, 2.75) is 26.2 Å². The second kappa shape index (κ2) is 9.24. The average molecular weight is 415 g/mol. The van der Waals surface area contributed by atoms with Gasteiger partial charge in [0.05, 0.1) is 12.0 Å². The van der Waals surface area contributed by atoms with Gasteiger partial charge in [0.1, 0.15) is 5.75 Å². The van der Waals surface area contributed by atoms with Gasteiger partial charge in [-0.05, 0) is 34.9 Å². The van der Waals surface area contributed by atoms with Gasteiger partial charge in [-0.2, -0.15) is 0 Å². The lowest BCUT2D eigenvalue weighted by molar-refractivity contribution is 0.0955. The lowest BCUT2D eigenvalue weighted by Crippen LogP contribution is -2.22. The van der Waals surface area contributed by atoms with E-state index in [2.05, 4.69) is 34.5 Å². The molecule has 1 aromatic heterocycles. The Hall–Kier alpha value is -2.34. The van der Waals surface area contributed by atoms with Crippen molar-refractivity contribution >= 4 is 29.7 Å². The Labute approximate surface area is 175 Å². The first-order valence-electron chi connectivity index (χ1n) is 9.00. The van der Waals surface area contributed by atoms with Crippen molar-refractivity contribution in [3.05, 3.63) is 87.1 Å². The van der Waals surface area contributed by atoms with Gasteiger partial charge in [0.2, 0.25) is 0 Å². The van der Waals surface area contributed by atoms with Gasteiger partial charge >= 0.3 is 0 Å². The molecule has 28 heavy (non-hydrogen) atoms. The third-order valence-electron chi connectivity index (χ3n) is 4.74. The van der Waals surface area contributed by atoms with E-state index >= 15 is 0 Å². The number of carbonyl (C=O) groups is 1. The Morgan fingerprint density at radius 2 is 1.82 bits per heavy atom. The van der Waals surface area contributed by atoms with Crippen molar-refractivity contribution in [2.75, 3.05) is 7.11 Å². The number of thiophene rings is 1. The highest BCUT2D eigenvalue weighted by Crippen LogP contribution is 2.32. The molecule has 0 saturated carbocycles. The molecule has 2 heterocycles. The predicted octanol–water partition coefficient (Wildman–Crippen LogP) is 4.62. The normalized spacial score (nSPS) is 12.9. The summed E-state index contributed by atoms with van der Waals surface area (Å²) in [5, 5.41) is 3.01. The van der Waals surface area contributed by atoms with Crippen LogP contribution in [0.1, 0.15) is 31.2 Å². The number of carbonyl (C=O) groups excluding carboxylic acids is 1. The fourth-order valence-corrected chi connectivity index (χ4v) is 4.45. The van der Waals surface area contributed by atoms with E-state index in [0.29, 0.717) is 6.54 Å². The Kier molecular flexibility index (Phi) is 6.73. The van der Waals surface area contributed by atoms with E-state index in [9.17, 15) is 4.79 Å². The first-order chi connectivity index (χ1) is 13.2. The fourth-order valence-electron chi connectivity index (χ4n) is 3.31. The average Bonchev–Trinajstić information content (AvgIpc) is 3.26. The maximum atomic E-state index is 12.5. The van der Waals surface area contributed by atoms with Crippen LogP contribution >= 0.6 is 23.7 Å². The molecule has 4 rings (SSSR count). The van der Waals surface area contributed by atoms with E-state index in [1.807, 2.05) is 36.4 Å². The van der Waals surface area contributed by atoms with Crippen molar-refractivity contribution < 1.29 is 9.53 Å². The standard InChI is InChI=1S/C22H22N2O2S.ClH/c1-26-19-9-7-16(8-10-19)12-23-22(25)20-11-18-14-24(15-21(18)27-20)13-17-5-3-2-4-6-17;/h2-11H,12-15H2,1H3,(H,23,25);1H. The minimum atomic E-state index is -0.000160. The quantitative estimate of drug-likeness (QED) is 0.639. The molecule has 0 radical (unpaired) electrons. The van der Waals surface area contributed by atoms with Gasteiger partial charge in [-0.25, -0.2) is 0 Å². The second-order valence-electron chi connectivity index (χ2n) is 6.72. The van der Waals surface area contributed by atoms with Crippen LogP contribution in [0.5, 0.6) is 5.75 Å². The van der Waals surface area contributed by atoms with Crippen LogP contribution in [-0.2, 0) is 26.2 Å². The molecular formula is C22H23ClN2O2S. The molecule has 2 aromatic carbocycles. The van der Waals surface area contributed by atoms with Crippen molar-refractivity contribution in [1.29, 1.82) is 0 Å². The molecule has 146 valence electrons. The number of halogens is 1. The van der Waals surface area contributed by atoms with Crippen LogP contribution < -0.4 is 10.1 Å². The molecule has 0 aliphatic carbocycles. The molecule has 1 N–H and O–H groups in total. The van der Waals surface area contributed by atoms with Gasteiger partial charge in [0, 0.05) is 31.1 Å². The van der Waals surface area contributed by atoms with Gasteiger partial charge in [0.25, 0.3) is 5.91 Å². The zero-order valence-corrected chi connectivity index (χ0v) is 17.3. The molecule has 0 fully saturated rings. The summed E-state index contributed by atoms with van der Waals surface area (Å²) in [5.41, 5.74) is 3.66. The molecule has 0 bridgehead atoms. The highest BCUT2D eigenvalue weighted by Gasteiger charge is 2.23.